The predicted molar refractivity (Wildman–Crippen MR) is 391 cm³/mol. The lowest BCUT2D eigenvalue weighted by Gasteiger charge is -2.21. The molecule has 0 fully saturated rings. The number of ether oxygens (including phenoxy) is 4. The number of carbonyl (C=O) groups is 4. The molecule has 0 saturated carbocycles. The highest BCUT2D eigenvalue weighted by Gasteiger charge is 2.30. The largest absolute Gasteiger partial charge is 0.472 e. The molecule has 0 aromatic heterocycles. The van der Waals surface area contributed by atoms with Gasteiger partial charge in [0.15, 0.2) is 12.2 Å². The fourth-order valence-corrected chi connectivity index (χ4v) is 13.3. The first-order chi connectivity index (χ1) is 46.3. The number of hydrogen-bond acceptors (Lipinski definition) is 15. The fourth-order valence-electron chi connectivity index (χ4n) is 11.7. The Labute approximate surface area is 588 Å². The number of aliphatic hydroxyl groups excluding tert-OH is 1. The highest BCUT2D eigenvalue weighted by Crippen LogP contribution is 2.45. The van der Waals surface area contributed by atoms with Crippen molar-refractivity contribution in [3.05, 3.63) is 0 Å². The van der Waals surface area contributed by atoms with Crippen LogP contribution in [0.1, 0.15) is 395 Å². The van der Waals surface area contributed by atoms with Gasteiger partial charge in [0, 0.05) is 25.7 Å². The van der Waals surface area contributed by atoms with E-state index >= 15 is 0 Å². The number of aliphatic hydroxyl groups is 1. The van der Waals surface area contributed by atoms with Gasteiger partial charge in [-0.15, -0.1) is 0 Å². The number of unbranched alkanes of at least 4 members (excludes halogenated alkanes) is 41. The van der Waals surface area contributed by atoms with Gasteiger partial charge in [-0.05, 0) is 43.4 Å². The molecule has 0 aliphatic heterocycles. The minimum Gasteiger partial charge on any atom is -0.462 e. The van der Waals surface area contributed by atoms with E-state index in [9.17, 15) is 43.2 Å². The van der Waals surface area contributed by atoms with E-state index in [1.165, 1.54) is 205 Å². The van der Waals surface area contributed by atoms with Crippen LogP contribution in [0.2, 0.25) is 0 Å². The van der Waals surface area contributed by atoms with E-state index in [0.29, 0.717) is 25.7 Å². The minimum atomic E-state index is -4.96. The van der Waals surface area contributed by atoms with Crippen LogP contribution in [0, 0.1) is 17.8 Å². The molecule has 0 bridgehead atoms. The van der Waals surface area contributed by atoms with Crippen LogP contribution in [-0.4, -0.2) is 96.7 Å². The van der Waals surface area contributed by atoms with Crippen molar-refractivity contribution in [2.45, 2.75) is 414 Å². The van der Waals surface area contributed by atoms with Crippen molar-refractivity contribution >= 4 is 39.5 Å². The lowest BCUT2D eigenvalue weighted by Crippen LogP contribution is -2.30. The molecule has 0 radical (unpaired) electrons. The monoisotopic (exact) mass is 1410 g/mol. The molecule has 0 saturated heterocycles. The molecule has 3 N–H and O–H groups in total. The van der Waals surface area contributed by atoms with Gasteiger partial charge in [0.05, 0.1) is 26.4 Å². The molecule has 0 heterocycles. The molecule has 0 spiro atoms. The Balaban J connectivity index is 5.26. The van der Waals surface area contributed by atoms with E-state index in [0.717, 1.165) is 108 Å². The fraction of sp³-hybridized carbons (Fsp3) is 0.948. The standard InChI is InChI=1S/C77H150O17P2/c1-8-11-12-13-14-15-22-29-37-44-51-58-74(79)87-65-73(94-77(82)61-54-47-40-33-32-36-43-50-57-70(7)10-3)67-92-96(85,86)90-63-71(78)62-89-95(83,84)91-66-72(64-88-75(80)59-52-45-38-30-25-21-20-23-27-34-41-48-55-68(4)5)93-76(81)60-53-46-39-31-26-19-17-16-18-24-28-35-42-49-56-69(6)9-2/h68-73,78H,8-67H2,1-7H3,(H,83,84)(H,85,86)/t69?,70?,71-,72-,73-/m1/s1. The Bertz CT molecular complexity index is 1870. The van der Waals surface area contributed by atoms with Gasteiger partial charge in [0.2, 0.25) is 0 Å². The summed E-state index contributed by atoms with van der Waals surface area (Å²) in [5.74, 6) is 0.281. The minimum absolute atomic E-state index is 0.105. The predicted octanol–water partition coefficient (Wildman–Crippen LogP) is 22.6. The molecule has 0 aromatic rings. The second kappa shape index (κ2) is 67.5. The Kier molecular flexibility index (Phi) is 66.2. The van der Waals surface area contributed by atoms with Crippen LogP contribution >= 0.6 is 15.6 Å². The second-order valence-electron chi connectivity index (χ2n) is 28.7. The molecule has 0 rings (SSSR count). The first kappa shape index (κ1) is 94.1. The number of rotatable bonds is 75. The third kappa shape index (κ3) is 67.9. The van der Waals surface area contributed by atoms with Crippen molar-refractivity contribution < 1.29 is 80.2 Å². The molecule has 96 heavy (non-hydrogen) atoms. The van der Waals surface area contributed by atoms with E-state index in [4.69, 9.17) is 37.0 Å². The molecule has 0 aliphatic rings. The summed E-state index contributed by atoms with van der Waals surface area (Å²) < 4.78 is 68.6. The van der Waals surface area contributed by atoms with Gasteiger partial charge < -0.3 is 33.8 Å². The maximum atomic E-state index is 13.1. The van der Waals surface area contributed by atoms with Crippen LogP contribution in [0.5, 0.6) is 0 Å². The Morgan fingerprint density at radius 3 is 0.792 bits per heavy atom. The zero-order chi connectivity index (χ0) is 70.9. The van der Waals surface area contributed by atoms with Gasteiger partial charge in [-0.2, -0.15) is 0 Å². The zero-order valence-corrected chi connectivity index (χ0v) is 64.6. The van der Waals surface area contributed by atoms with Crippen LogP contribution in [0.15, 0.2) is 0 Å². The quantitative estimate of drug-likeness (QED) is 0.0222. The van der Waals surface area contributed by atoms with Gasteiger partial charge in [0.1, 0.15) is 19.3 Å². The van der Waals surface area contributed by atoms with Crippen LogP contribution in [0.3, 0.4) is 0 Å². The van der Waals surface area contributed by atoms with Crippen molar-refractivity contribution in [2.75, 3.05) is 39.6 Å². The van der Waals surface area contributed by atoms with Crippen molar-refractivity contribution in [3.8, 4) is 0 Å². The Morgan fingerprint density at radius 1 is 0.302 bits per heavy atom. The van der Waals surface area contributed by atoms with E-state index in [-0.39, 0.29) is 25.7 Å². The SMILES string of the molecule is CCCCCCCCCCCCCC(=O)OC[C@H](COP(=O)(O)OC[C@H](O)COP(=O)(O)OC[C@@H](COC(=O)CCCCCCCCCCCCCCC(C)C)OC(=O)CCCCCCCCCCCCCCCCC(C)CC)OC(=O)CCCCCCCCCCC(C)CC. The van der Waals surface area contributed by atoms with E-state index in [1.807, 2.05) is 0 Å². The molecule has 0 aliphatic carbocycles. The number of carbonyl (C=O) groups excluding carboxylic acids is 4. The van der Waals surface area contributed by atoms with Gasteiger partial charge >= 0.3 is 39.5 Å². The smallest absolute Gasteiger partial charge is 0.462 e. The highest BCUT2D eigenvalue weighted by molar-refractivity contribution is 7.47. The molecule has 17 nitrogen and oxygen atoms in total. The molecule has 0 amide bonds. The van der Waals surface area contributed by atoms with Crippen LogP contribution in [0.4, 0.5) is 0 Å². The van der Waals surface area contributed by atoms with E-state index < -0.39 is 97.5 Å². The van der Waals surface area contributed by atoms with Crippen LogP contribution in [-0.2, 0) is 65.4 Å². The topological polar surface area (TPSA) is 237 Å². The number of esters is 4. The number of phosphoric ester groups is 2. The van der Waals surface area contributed by atoms with Crippen LogP contribution in [0.25, 0.3) is 0 Å². The maximum Gasteiger partial charge on any atom is 0.472 e. The number of hydrogen-bond donors (Lipinski definition) is 3. The van der Waals surface area contributed by atoms with E-state index in [2.05, 4.69) is 48.5 Å². The third-order valence-corrected chi connectivity index (χ3v) is 20.5. The molecular weight excluding hydrogens is 1260 g/mol. The lowest BCUT2D eigenvalue weighted by atomic mass is 9.99. The summed E-state index contributed by atoms with van der Waals surface area (Å²) in [7, 11) is -9.91. The summed E-state index contributed by atoms with van der Waals surface area (Å²) >= 11 is 0. The normalized spacial score (nSPS) is 14.6. The molecule has 570 valence electrons. The highest BCUT2D eigenvalue weighted by atomic mass is 31.2. The first-order valence-corrected chi connectivity index (χ1v) is 42.9. The molecule has 7 atom stereocenters. The van der Waals surface area contributed by atoms with Crippen molar-refractivity contribution in [1.82, 2.24) is 0 Å². The summed E-state index contributed by atoms with van der Waals surface area (Å²) in [4.78, 5) is 72.9. The van der Waals surface area contributed by atoms with Crippen LogP contribution < -0.4 is 0 Å². The molecule has 4 unspecified atom stereocenters. The maximum absolute atomic E-state index is 13.1. The van der Waals surface area contributed by atoms with E-state index in [1.54, 1.807) is 0 Å². The average Bonchev–Trinajstić information content (AvgIpc) is 1.21. The lowest BCUT2D eigenvalue weighted by molar-refractivity contribution is -0.161. The Morgan fingerprint density at radius 2 is 0.531 bits per heavy atom. The van der Waals surface area contributed by atoms with Crippen molar-refractivity contribution in [1.29, 1.82) is 0 Å². The van der Waals surface area contributed by atoms with Gasteiger partial charge in [-0.3, -0.25) is 37.3 Å². The first-order valence-electron chi connectivity index (χ1n) is 39.9. The summed E-state index contributed by atoms with van der Waals surface area (Å²) in [5, 5.41) is 10.6. The third-order valence-electron chi connectivity index (χ3n) is 18.6. The Hall–Kier alpha value is -1.94. The van der Waals surface area contributed by atoms with Gasteiger partial charge in [0.25, 0.3) is 0 Å². The van der Waals surface area contributed by atoms with Gasteiger partial charge in [-0.25, -0.2) is 9.13 Å². The summed E-state index contributed by atoms with van der Waals surface area (Å²) in [6.07, 6.45) is 53.9. The average molecular weight is 1410 g/mol. The number of phosphoric acid groups is 2. The van der Waals surface area contributed by atoms with Gasteiger partial charge in [-0.1, -0.05) is 344 Å². The van der Waals surface area contributed by atoms with Crippen molar-refractivity contribution in [3.63, 3.8) is 0 Å². The van der Waals surface area contributed by atoms with Crippen molar-refractivity contribution in [2.24, 2.45) is 17.8 Å². The summed E-state index contributed by atoms with van der Waals surface area (Å²) in [6.45, 7) is 12.0. The summed E-state index contributed by atoms with van der Waals surface area (Å²) in [6, 6.07) is 0. The molecular formula is C77H150O17P2. The molecule has 0 aromatic carbocycles. The second-order valence-corrected chi connectivity index (χ2v) is 31.6. The zero-order valence-electron chi connectivity index (χ0n) is 62.8. The molecule has 19 heteroatoms. The summed E-state index contributed by atoms with van der Waals surface area (Å²) in [5.41, 5.74) is 0.